The molecule has 8 heteroatoms. The number of nitrogens with zero attached hydrogens (tertiary/aromatic N) is 2. The summed E-state index contributed by atoms with van der Waals surface area (Å²) in [5, 5.41) is 8.73. The van der Waals surface area contributed by atoms with Gasteiger partial charge in [0.1, 0.15) is 11.6 Å². The molecule has 1 fully saturated rings. The van der Waals surface area contributed by atoms with Crippen molar-refractivity contribution in [1.82, 2.24) is 14.9 Å². The monoisotopic (exact) mass is 284 g/mol. The third-order valence-electron chi connectivity index (χ3n) is 3.11. The quantitative estimate of drug-likeness (QED) is 0.698. The molecule has 104 valence electrons. The zero-order valence-electron chi connectivity index (χ0n) is 10.5. The van der Waals surface area contributed by atoms with Crippen LogP contribution < -0.4 is 11.3 Å². The van der Waals surface area contributed by atoms with Gasteiger partial charge in [-0.1, -0.05) is 0 Å². The van der Waals surface area contributed by atoms with Crippen molar-refractivity contribution < 1.29 is 9.90 Å². The van der Waals surface area contributed by atoms with Crippen LogP contribution in [0.5, 0.6) is 0 Å². The molecule has 2 rings (SSSR count). The Kier molecular flexibility index (Phi) is 4.11. The average Bonchev–Trinajstić information content (AvgIpc) is 2.34. The Labute approximate surface area is 114 Å². The predicted molar refractivity (Wildman–Crippen MR) is 73.3 cm³/mol. The fourth-order valence-electron chi connectivity index (χ4n) is 1.99. The number of aromatic nitrogens is 2. The van der Waals surface area contributed by atoms with Gasteiger partial charge in [0.05, 0.1) is 18.0 Å². The van der Waals surface area contributed by atoms with Crippen LogP contribution in [-0.4, -0.2) is 51.0 Å². The standard InChI is InChI=1S/C11H16N4O3S/c1-15-2-3-19-5-7(15)10-13-9(12)6(4-8(16)17)11(18)14-10/h7H,2-5H2,1H3,(H,16,17)(H3,12,13,14,18). The van der Waals surface area contributed by atoms with Crippen molar-refractivity contribution in [3.8, 4) is 0 Å². The zero-order chi connectivity index (χ0) is 14.0. The van der Waals surface area contributed by atoms with Crippen LogP contribution in [0.4, 0.5) is 5.82 Å². The molecule has 1 unspecified atom stereocenters. The number of nitrogens with one attached hydrogen (secondary N) is 1. The molecule has 0 aliphatic carbocycles. The van der Waals surface area contributed by atoms with E-state index in [0.717, 1.165) is 18.1 Å². The lowest BCUT2D eigenvalue weighted by atomic mass is 10.2. The molecule has 0 spiro atoms. The van der Waals surface area contributed by atoms with Crippen molar-refractivity contribution in [2.24, 2.45) is 0 Å². The van der Waals surface area contributed by atoms with E-state index >= 15 is 0 Å². The van der Waals surface area contributed by atoms with Crippen LogP contribution in [0.1, 0.15) is 17.4 Å². The molecule has 0 saturated carbocycles. The second kappa shape index (κ2) is 5.62. The Bertz CT molecular complexity index is 545. The van der Waals surface area contributed by atoms with Crippen LogP contribution in [0.15, 0.2) is 4.79 Å². The summed E-state index contributed by atoms with van der Waals surface area (Å²) in [5.41, 5.74) is 5.25. The van der Waals surface area contributed by atoms with Crippen LogP contribution in [0.25, 0.3) is 0 Å². The Balaban J connectivity index is 2.33. The number of hydrogen-bond donors (Lipinski definition) is 3. The summed E-state index contributed by atoms with van der Waals surface area (Å²) in [6.07, 6.45) is -0.413. The predicted octanol–water partition coefficient (Wildman–Crippen LogP) is -0.301. The second-order valence-corrected chi connectivity index (χ2v) is 5.61. The van der Waals surface area contributed by atoms with Gasteiger partial charge in [-0.15, -0.1) is 0 Å². The van der Waals surface area contributed by atoms with Crippen molar-refractivity contribution >= 4 is 23.5 Å². The van der Waals surface area contributed by atoms with Crippen LogP contribution in [-0.2, 0) is 11.2 Å². The molecule has 1 aliphatic heterocycles. The van der Waals surface area contributed by atoms with Crippen molar-refractivity contribution in [1.29, 1.82) is 0 Å². The highest BCUT2D eigenvalue weighted by atomic mass is 32.2. The molecule has 19 heavy (non-hydrogen) atoms. The molecule has 0 bridgehead atoms. The molecule has 1 atom stereocenters. The molecule has 0 radical (unpaired) electrons. The number of aromatic amines is 1. The van der Waals surface area contributed by atoms with Gasteiger partial charge in [0.15, 0.2) is 0 Å². The van der Waals surface area contributed by atoms with Gasteiger partial charge < -0.3 is 15.8 Å². The normalized spacial score (nSPS) is 20.4. The third-order valence-corrected chi connectivity index (χ3v) is 4.13. The Morgan fingerprint density at radius 2 is 2.42 bits per heavy atom. The van der Waals surface area contributed by atoms with Crippen LogP contribution >= 0.6 is 11.8 Å². The molecule has 7 nitrogen and oxygen atoms in total. The summed E-state index contributed by atoms with van der Waals surface area (Å²) in [7, 11) is 1.96. The molecular formula is C11H16N4O3S. The molecule has 0 amide bonds. The molecule has 1 saturated heterocycles. The molecule has 2 heterocycles. The minimum absolute atomic E-state index is 0.00474. The number of hydrogen-bond acceptors (Lipinski definition) is 6. The van der Waals surface area contributed by atoms with Gasteiger partial charge in [0.2, 0.25) is 0 Å². The highest BCUT2D eigenvalue weighted by Crippen LogP contribution is 2.25. The molecular weight excluding hydrogens is 268 g/mol. The maximum atomic E-state index is 11.9. The van der Waals surface area contributed by atoms with Crippen molar-refractivity contribution in [2.45, 2.75) is 12.5 Å². The number of anilines is 1. The lowest BCUT2D eigenvalue weighted by Crippen LogP contribution is -2.35. The van der Waals surface area contributed by atoms with E-state index in [1.807, 2.05) is 7.05 Å². The highest BCUT2D eigenvalue weighted by molar-refractivity contribution is 7.99. The number of carboxylic acids is 1. The van der Waals surface area contributed by atoms with Gasteiger partial charge in [-0.05, 0) is 7.05 Å². The Morgan fingerprint density at radius 1 is 1.68 bits per heavy atom. The first-order valence-electron chi connectivity index (χ1n) is 5.87. The van der Waals surface area contributed by atoms with E-state index < -0.39 is 17.9 Å². The van der Waals surface area contributed by atoms with Gasteiger partial charge in [0, 0.05) is 18.1 Å². The molecule has 4 N–H and O–H groups in total. The summed E-state index contributed by atoms with van der Waals surface area (Å²) in [5.74, 6) is 1.29. The molecule has 1 aliphatic rings. The van der Waals surface area contributed by atoms with E-state index in [2.05, 4.69) is 14.9 Å². The number of nitrogen functional groups attached to an aromatic ring is 1. The summed E-state index contributed by atoms with van der Waals surface area (Å²) >= 11 is 1.79. The number of aliphatic carboxylic acids is 1. The maximum absolute atomic E-state index is 11.9. The summed E-state index contributed by atoms with van der Waals surface area (Å²) in [6.45, 7) is 0.913. The zero-order valence-corrected chi connectivity index (χ0v) is 11.4. The lowest BCUT2D eigenvalue weighted by Gasteiger charge is -2.31. The lowest BCUT2D eigenvalue weighted by molar-refractivity contribution is -0.136. The van der Waals surface area contributed by atoms with Gasteiger partial charge >= 0.3 is 5.97 Å². The maximum Gasteiger partial charge on any atom is 0.308 e. The smallest absolute Gasteiger partial charge is 0.308 e. The topological polar surface area (TPSA) is 112 Å². The minimum Gasteiger partial charge on any atom is -0.481 e. The number of nitrogens with two attached hydrogens (primary N) is 1. The fraction of sp³-hybridized carbons (Fsp3) is 0.545. The third kappa shape index (κ3) is 3.07. The Hall–Kier alpha value is -1.54. The summed E-state index contributed by atoms with van der Waals surface area (Å²) < 4.78 is 0. The van der Waals surface area contributed by atoms with E-state index in [-0.39, 0.29) is 17.4 Å². The van der Waals surface area contributed by atoms with Crippen LogP contribution in [0, 0.1) is 0 Å². The van der Waals surface area contributed by atoms with Crippen molar-refractivity contribution in [3.63, 3.8) is 0 Å². The first-order chi connectivity index (χ1) is 8.99. The minimum atomic E-state index is -1.10. The number of rotatable bonds is 3. The van der Waals surface area contributed by atoms with Crippen LogP contribution in [0.2, 0.25) is 0 Å². The van der Waals surface area contributed by atoms with E-state index in [1.165, 1.54) is 0 Å². The molecule has 0 aromatic carbocycles. The summed E-state index contributed by atoms with van der Waals surface area (Å²) in [4.78, 5) is 31.5. The highest BCUT2D eigenvalue weighted by Gasteiger charge is 2.24. The van der Waals surface area contributed by atoms with Crippen molar-refractivity contribution in [2.75, 3.05) is 30.8 Å². The van der Waals surface area contributed by atoms with E-state index in [0.29, 0.717) is 5.82 Å². The SMILES string of the molecule is CN1CCSCC1c1nc(N)c(CC(=O)O)c(=O)[nH]1. The number of carboxylic acid groups (broad SMARTS) is 1. The first-order valence-corrected chi connectivity index (χ1v) is 7.03. The average molecular weight is 284 g/mol. The largest absolute Gasteiger partial charge is 0.481 e. The second-order valence-electron chi connectivity index (χ2n) is 4.46. The Morgan fingerprint density at radius 3 is 3.00 bits per heavy atom. The first kappa shape index (κ1) is 13.9. The molecule has 1 aromatic rings. The van der Waals surface area contributed by atoms with E-state index in [4.69, 9.17) is 10.8 Å². The number of thioether (sulfide) groups is 1. The van der Waals surface area contributed by atoms with E-state index in [9.17, 15) is 9.59 Å². The fourth-order valence-corrected chi connectivity index (χ4v) is 3.21. The van der Waals surface area contributed by atoms with Gasteiger partial charge in [-0.2, -0.15) is 11.8 Å². The van der Waals surface area contributed by atoms with E-state index in [1.54, 1.807) is 11.8 Å². The van der Waals surface area contributed by atoms with Gasteiger partial charge in [0.25, 0.3) is 5.56 Å². The van der Waals surface area contributed by atoms with Crippen LogP contribution in [0.3, 0.4) is 0 Å². The van der Waals surface area contributed by atoms with Gasteiger partial charge in [-0.25, -0.2) is 4.98 Å². The number of carbonyl (C=O) groups is 1. The summed E-state index contributed by atoms with van der Waals surface area (Å²) in [6, 6.07) is 0.00706. The molecule has 1 aromatic heterocycles. The van der Waals surface area contributed by atoms with Gasteiger partial charge in [-0.3, -0.25) is 14.5 Å². The number of H-pyrrole nitrogens is 1. The van der Waals surface area contributed by atoms with Crippen molar-refractivity contribution in [3.05, 3.63) is 21.7 Å².